The predicted octanol–water partition coefficient (Wildman–Crippen LogP) is 4.07. The van der Waals surface area contributed by atoms with Crippen molar-refractivity contribution >= 4 is 11.9 Å². The Labute approximate surface area is 194 Å². The van der Waals surface area contributed by atoms with Crippen LogP contribution in [-0.4, -0.2) is 28.7 Å². The molecule has 0 radical (unpaired) electrons. The quantitative estimate of drug-likeness (QED) is 0.269. The number of carbonyl (C=O) groups excluding carboxylic acids is 2. The molecule has 0 N–H and O–H groups in total. The second-order valence-electron chi connectivity index (χ2n) is 7.21. The minimum absolute atomic E-state index is 0.0109. The summed E-state index contributed by atoms with van der Waals surface area (Å²) in [5.41, 5.74) is -0.738. The van der Waals surface area contributed by atoms with Gasteiger partial charge in [0.15, 0.2) is 11.4 Å². The molecular formula is C25H22F2N2O5. The zero-order valence-electron chi connectivity index (χ0n) is 18.4. The van der Waals surface area contributed by atoms with Crippen molar-refractivity contribution in [3.05, 3.63) is 112 Å². The van der Waals surface area contributed by atoms with Crippen molar-refractivity contribution < 1.29 is 27.9 Å². The first-order valence-electron chi connectivity index (χ1n) is 10.2. The Morgan fingerprint density at radius 2 is 1.76 bits per heavy atom. The van der Waals surface area contributed by atoms with E-state index in [0.717, 1.165) is 25.4 Å². The number of allylic oxidation sites excluding steroid dienone is 1. The van der Waals surface area contributed by atoms with Gasteiger partial charge in [-0.25, -0.2) is 9.18 Å². The van der Waals surface area contributed by atoms with Crippen LogP contribution in [0, 0.1) is 5.82 Å². The molecule has 0 fully saturated rings. The van der Waals surface area contributed by atoms with Crippen molar-refractivity contribution in [2.45, 2.75) is 19.7 Å². The van der Waals surface area contributed by atoms with Gasteiger partial charge in [0, 0.05) is 12.7 Å². The Bertz CT molecular complexity index is 1240. The summed E-state index contributed by atoms with van der Waals surface area (Å²) in [6.07, 6.45) is 2.49. The van der Waals surface area contributed by atoms with Gasteiger partial charge in [0.1, 0.15) is 18.0 Å². The number of hydrogen-bond donors (Lipinski definition) is 0. The van der Waals surface area contributed by atoms with Crippen molar-refractivity contribution in [2.24, 2.45) is 0 Å². The van der Waals surface area contributed by atoms with Crippen LogP contribution in [0.1, 0.15) is 32.0 Å². The topological polar surface area (TPSA) is 77.8 Å². The number of nitrogens with zero attached hydrogens (tertiary/aromatic N) is 2. The highest BCUT2D eigenvalue weighted by molar-refractivity contribution is 5.96. The summed E-state index contributed by atoms with van der Waals surface area (Å²) in [6.45, 7) is 3.02. The largest absolute Gasteiger partial charge is 0.482 e. The number of methoxy groups -OCH3 is 1. The van der Waals surface area contributed by atoms with Gasteiger partial charge < -0.3 is 14.0 Å². The lowest BCUT2D eigenvalue weighted by atomic mass is 10.1. The van der Waals surface area contributed by atoms with Crippen LogP contribution in [0.3, 0.4) is 0 Å². The van der Waals surface area contributed by atoms with Gasteiger partial charge in [-0.2, -0.15) is 5.12 Å². The van der Waals surface area contributed by atoms with Crippen LogP contribution in [0.5, 0.6) is 5.75 Å². The van der Waals surface area contributed by atoms with Crippen molar-refractivity contribution in [1.82, 2.24) is 9.69 Å². The summed E-state index contributed by atoms with van der Waals surface area (Å²) in [6, 6.07) is 13.7. The number of aromatic nitrogens is 1. The average molecular weight is 468 g/mol. The minimum Gasteiger partial charge on any atom is -0.482 e. The Hall–Kier alpha value is -4.27. The first-order chi connectivity index (χ1) is 16.3. The predicted molar refractivity (Wildman–Crippen MR) is 120 cm³/mol. The van der Waals surface area contributed by atoms with E-state index in [1.165, 1.54) is 22.8 Å². The number of benzene rings is 2. The normalized spacial score (nSPS) is 10.4. The molecule has 1 aromatic heterocycles. The monoisotopic (exact) mass is 468 g/mol. The standard InChI is InChI=1S/C25H22F2N2O5/c1-3-13-28-15-20(24(31)29(27)14-17-9-11-19(26)12-10-17)22(30)23(21(28)25(32)33-2)34-16-18-7-5-4-6-8-18/h3-12,15H,1,13-14,16H2,2H3. The zero-order chi connectivity index (χ0) is 24.7. The van der Waals surface area contributed by atoms with Gasteiger partial charge in [-0.3, -0.25) is 9.59 Å². The molecule has 0 unspecified atom stereocenters. The molecule has 34 heavy (non-hydrogen) atoms. The number of rotatable bonds is 9. The molecule has 3 aromatic rings. The number of ether oxygens (including phenoxy) is 2. The number of halogens is 2. The molecule has 0 aliphatic heterocycles. The summed E-state index contributed by atoms with van der Waals surface area (Å²) in [4.78, 5) is 38.5. The summed E-state index contributed by atoms with van der Waals surface area (Å²) < 4.78 is 39.6. The second-order valence-corrected chi connectivity index (χ2v) is 7.21. The van der Waals surface area contributed by atoms with Crippen LogP contribution < -0.4 is 10.2 Å². The first kappa shape index (κ1) is 24.4. The van der Waals surface area contributed by atoms with Crippen LogP contribution in [0.15, 0.2) is 78.2 Å². The van der Waals surface area contributed by atoms with Gasteiger partial charge in [0.05, 0.1) is 13.7 Å². The number of carbonyl (C=O) groups is 2. The van der Waals surface area contributed by atoms with Crippen molar-refractivity contribution in [3.8, 4) is 5.75 Å². The molecule has 0 spiro atoms. The fourth-order valence-electron chi connectivity index (χ4n) is 3.20. The Morgan fingerprint density at radius 3 is 2.38 bits per heavy atom. The van der Waals surface area contributed by atoms with Crippen molar-refractivity contribution in [3.63, 3.8) is 0 Å². The van der Waals surface area contributed by atoms with Gasteiger partial charge in [0.25, 0.3) is 5.91 Å². The maximum atomic E-state index is 14.8. The molecule has 0 saturated carbocycles. The van der Waals surface area contributed by atoms with Crippen LogP contribution in [0.25, 0.3) is 0 Å². The van der Waals surface area contributed by atoms with Gasteiger partial charge >= 0.3 is 5.97 Å². The van der Waals surface area contributed by atoms with E-state index >= 15 is 0 Å². The van der Waals surface area contributed by atoms with E-state index in [0.29, 0.717) is 11.1 Å². The summed E-state index contributed by atoms with van der Waals surface area (Å²) in [5.74, 6) is -3.07. The molecule has 176 valence electrons. The minimum atomic E-state index is -1.24. The van der Waals surface area contributed by atoms with Gasteiger partial charge in [-0.05, 0) is 23.3 Å². The average Bonchev–Trinajstić information content (AvgIpc) is 2.85. The molecule has 0 aliphatic rings. The highest BCUT2D eigenvalue weighted by atomic mass is 19.2. The molecule has 1 heterocycles. The van der Waals surface area contributed by atoms with E-state index in [-0.39, 0.29) is 24.0 Å². The fraction of sp³-hybridized carbons (Fsp3) is 0.160. The van der Waals surface area contributed by atoms with Crippen LogP contribution in [0.2, 0.25) is 0 Å². The van der Waals surface area contributed by atoms with Gasteiger partial charge in [-0.15, -0.1) is 6.58 Å². The van der Waals surface area contributed by atoms with E-state index < -0.39 is 41.0 Å². The molecule has 7 nitrogen and oxygen atoms in total. The zero-order valence-corrected chi connectivity index (χ0v) is 18.4. The Morgan fingerprint density at radius 1 is 1.09 bits per heavy atom. The highest BCUT2D eigenvalue weighted by Crippen LogP contribution is 2.20. The van der Waals surface area contributed by atoms with Gasteiger partial charge in [-0.1, -0.05) is 53.0 Å². The summed E-state index contributed by atoms with van der Waals surface area (Å²) in [5, 5.41) is -0.166. The number of amides is 1. The van der Waals surface area contributed by atoms with Crippen LogP contribution >= 0.6 is 0 Å². The molecular weight excluding hydrogens is 446 g/mol. The van der Waals surface area contributed by atoms with E-state index in [9.17, 15) is 23.3 Å². The Kier molecular flexibility index (Phi) is 7.92. The molecule has 0 aliphatic carbocycles. The maximum absolute atomic E-state index is 14.8. The summed E-state index contributed by atoms with van der Waals surface area (Å²) in [7, 11) is 1.14. The SMILES string of the molecule is C=CCn1cc(C(=O)N(F)Cc2ccc(F)cc2)c(=O)c(OCc2ccccc2)c1C(=O)OC. The molecule has 0 atom stereocenters. The lowest BCUT2D eigenvalue weighted by Crippen LogP contribution is -2.31. The fourth-order valence-corrected chi connectivity index (χ4v) is 3.20. The smallest absolute Gasteiger partial charge is 0.358 e. The molecule has 2 aromatic carbocycles. The molecule has 9 heteroatoms. The summed E-state index contributed by atoms with van der Waals surface area (Å²) >= 11 is 0. The van der Waals surface area contributed by atoms with E-state index in [2.05, 4.69) is 6.58 Å². The van der Waals surface area contributed by atoms with Crippen LogP contribution in [0.4, 0.5) is 8.87 Å². The van der Waals surface area contributed by atoms with Crippen molar-refractivity contribution in [2.75, 3.05) is 7.11 Å². The highest BCUT2D eigenvalue weighted by Gasteiger charge is 2.28. The van der Waals surface area contributed by atoms with E-state index in [1.807, 2.05) is 0 Å². The van der Waals surface area contributed by atoms with Crippen LogP contribution in [-0.2, 0) is 24.4 Å². The second kappa shape index (κ2) is 11.0. The van der Waals surface area contributed by atoms with Gasteiger partial charge in [0.2, 0.25) is 5.43 Å². The lowest BCUT2D eigenvalue weighted by Gasteiger charge is -2.18. The number of esters is 1. The number of pyridine rings is 1. The molecule has 1 amide bonds. The first-order valence-corrected chi connectivity index (χ1v) is 10.2. The third-order valence-corrected chi connectivity index (χ3v) is 4.85. The van der Waals surface area contributed by atoms with E-state index in [1.54, 1.807) is 30.3 Å². The van der Waals surface area contributed by atoms with E-state index in [4.69, 9.17) is 9.47 Å². The maximum Gasteiger partial charge on any atom is 0.358 e. The number of hydrogen-bond acceptors (Lipinski definition) is 5. The molecule has 0 bridgehead atoms. The lowest BCUT2D eigenvalue weighted by molar-refractivity contribution is 0.0145. The third-order valence-electron chi connectivity index (χ3n) is 4.85. The molecule has 3 rings (SSSR count). The third kappa shape index (κ3) is 5.55. The Balaban J connectivity index is 2.03. The molecule has 0 saturated heterocycles. The van der Waals surface area contributed by atoms with Crippen molar-refractivity contribution in [1.29, 1.82) is 0 Å².